The van der Waals surface area contributed by atoms with Crippen molar-refractivity contribution < 1.29 is 19.4 Å². The number of esters is 1. The van der Waals surface area contributed by atoms with Gasteiger partial charge in [0.05, 0.1) is 18.8 Å². The van der Waals surface area contributed by atoms with E-state index in [1.54, 1.807) is 13.2 Å². The van der Waals surface area contributed by atoms with E-state index in [0.717, 1.165) is 41.5 Å². The first-order valence-electron chi connectivity index (χ1n) is 10.2. The molecule has 4 aliphatic rings. The summed E-state index contributed by atoms with van der Waals surface area (Å²) >= 11 is 0. The van der Waals surface area contributed by atoms with Gasteiger partial charge >= 0.3 is 5.97 Å². The maximum absolute atomic E-state index is 12.3. The van der Waals surface area contributed by atoms with E-state index in [2.05, 4.69) is 29.7 Å². The molecule has 2 fully saturated rings. The fraction of sp³-hybridized carbons (Fsp3) is 0.458. The third kappa shape index (κ3) is 2.78. The van der Waals surface area contributed by atoms with Crippen molar-refractivity contribution in [1.82, 2.24) is 4.90 Å². The standard InChI is InChI=1S/C24H25NO4/c1-15(28-2)21-9-10-22-24-13-19(25(21)22)11-18(20(24)12-23(27)29-24)8-7-16-3-5-17(14-26)6-4-16/h3-6,11-12,15,19,21-22,26H,9-10,13-14H2,1-2H3/t15?,19-,21+,22-,24+/m1/s1. The average Bonchev–Trinajstić information content (AvgIpc) is 3.39. The smallest absolute Gasteiger partial charge is 0.332 e. The summed E-state index contributed by atoms with van der Waals surface area (Å²) in [7, 11) is 1.76. The molecule has 150 valence electrons. The van der Waals surface area contributed by atoms with Crippen LogP contribution in [0.1, 0.15) is 37.3 Å². The maximum Gasteiger partial charge on any atom is 0.332 e. The predicted octanol–water partition coefficient (Wildman–Crippen LogP) is 2.33. The van der Waals surface area contributed by atoms with Gasteiger partial charge in [-0.1, -0.05) is 30.0 Å². The maximum atomic E-state index is 12.3. The Hall–Kier alpha value is -2.39. The Bertz CT molecular complexity index is 967. The molecular formula is C24H25NO4. The summed E-state index contributed by atoms with van der Waals surface area (Å²) in [6.07, 6.45) is 6.84. The lowest BCUT2D eigenvalue weighted by atomic mass is 9.77. The van der Waals surface area contributed by atoms with E-state index in [-0.39, 0.29) is 30.8 Å². The van der Waals surface area contributed by atoms with Crippen LogP contribution in [0, 0.1) is 11.8 Å². The third-order valence-electron chi connectivity index (χ3n) is 6.95. The molecule has 0 amide bonds. The number of hydrogen-bond acceptors (Lipinski definition) is 5. The van der Waals surface area contributed by atoms with Gasteiger partial charge in [0.1, 0.15) is 0 Å². The van der Waals surface area contributed by atoms with Crippen LogP contribution in [-0.2, 0) is 20.9 Å². The number of aliphatic hydroxyl groups excluding tert-OH is 1. The minimum Gasteiger partial charge on any atom is -0.449 e. The van der Waals surface area contributed by atoms with Gasteiger partial charge in [-0.15, -0.1) is 0 Å². The third-order valence-corrected chi connectivity index (χ3v) is 6.95. The quantitative estimate of drug-likeness (QED) is 0.633. The molecule has 2 saturated heterocycles. The number of benzene rings is 1. The van der Waals surface area contributed by atoms with Crippen molar-refractivity contribution in [2.24, 2.45) is 0 Å². The molecule has 0 aromatic heterocycles. The Morgan fingerprint density at radius 2 is 2.10 bits per heavy atom. The Balaban J connectivity index is 1.52. The molecule has 0 saturated carbocycles. The lowest BCUT2D eigenvalue weighted by molar-refractivity contribution is -0.147. The Labute approximate surface area is 171 Å². The first-order valence-corrected chi connectivity index (χ1v) is 10.2. The number of hydrogen-bond donors (Lipinski definition) is 1. The highest BCUT2D eigenvalue weighted by atomic mass is 16.6. The highest BCUT2D eigenvalue weighted by molar-refractivity contribution is 5.90. The largest absolute Gasteiger partial charge is 0.449 e. The molecule has 1 unspecified atom stereocenters. The van der Waals surface area contributed by atoms with Gasteiger partial charge in [0.2, 0.25) is 0 Å². The second-order valence-corrected chi connectivity index (χ2v) is 8.37. The van der Waals surface area contributed by atoms with Crippen LogP contribution in [0.5, 0.6) is 0 Å². The molecule has 3 heterocycles. The van der Waals surface area contributed by atoms with Crippen molar-refractivity contribution in [3.63, 3.8) is 0 Å². The van der Waals surface area contributed by atoms with Crippen LogP contribution in [0.3, 0.4) is 0 Å². The topological polar surface area (TPSA) is 59.0 Å². The SMILES string of the molecule is COC(C)[C@@H]1CC[C@H]2N1[C@@H]1C=C(C#Cc3ccc(CO)cc3)C3=CC(=O)O[C@@]32C1. The molecule has 0 radical (unpaired) electrons. The van der Waals surface area contributed by atoms with Crippen LogP contribution >= 0.6 is 0 Å². The second kappa shape index (κ2) is 6.84. The van der Waals surface area contributed by atoms with Crippen molar-refractivity contribution in [3.8, 4) is 11.8 Å². The van der Waals surface area contributed by atoms with Crippen molar-refractivity contribution in [1.29, 1.82) is 0 Å². The molecule has 5 rings (SSSR count). The van der Waals surface area contributed by atoms with E-state index < -0.39 is 5.60 Å². The van der Waals surface area contributed by atoms with Gasteiger partial charge in [-0.2, -0.15) is 0 Å². The van der Waals surface area contributed by atoms with E-state index in [0.29, 0.717) is 6.04 Å². The molecule has 1 spiro atoms. The lowest BCUT2D eigenvalue weighted by Crippen LogP contribution is -2.47. The summed E-state index contributed by atoms with van der Waals surface area (Å²) in [6.45, 7) is 2.14. The highest BCUT2D eigenvalue weighted by Gasteiger charge is 2.64. The molecule has 29 heavy (non-hydrogen) atoms. The second-order valence-electron chi connectivity index (χ2n) is 8.37. The summed E-state index contributed by atoms with van der Waals surface area (Å²) < 4.78 is 11.6. The van der Waals surface area contributed by atoms with Crippen LogP contribution in [0.4, 0.5) is 0 Å². The molecule has 3 aliphatic heterocycles. The summed E-state index contributed by atoms with van der Waals surface area (Å²) in [5.41, 5.74) is 3.02. The zero-order valence-electron chi connectivity index (χ0n) is 16.7. The van der Waals surface area contributed by atoms with E-state index in [4.69, 9.17) is 9.47 Å². The molecule has 1 aliphatic carbocycles. The van der Waals surface area contributed by atoms with Gasteiger partial charge in [0.25, 0.3) is 0 Å². The number of aliphatic hydroxyl groups is 1. The molecule has 1 aromatic carbocycles. The Morgan fingerprint density at radius 3 is 2.83 bits per heavy atom. The van der Waals surface area contributed by atoms with Gasteiger partial charge < -0.3 is 14.6 Å². The van der Waals surface area contributed by atoms with E-state index in [1.165, 1.54) is 0 Å². The first-order chi connectivity index (χ1) is 14.1. The average molecular weight is 391 g/mol. The molecule has 5 nitrogen and oxygen atoms in total. The van der Waals surface area contributed by atoms with Gasteiger partial charge in [0, 0.05) is 48.4 Å². The van der Waals surface area contributed by atoms with Gasteiger partial charge in [-0.05, 0) is 37.5 Å². The summed E-state index contributed by atoms with van der Waals surface area (Å²) in [5, 5.41) is 9.20. The minimum atomic E-state index is -0.566. The molecule has 2 bridgehead atoms. The highest BCUT2D eigenvalue weighted by Crippen LogP contribution is 2.55. The zero-order chi connectivity index (χ0) is 20.2. The van der Waals surface area contributed by atoms with Crippen molar-refractivity contribution in [2.75, 3.05) is 7.11 Å². The summed E-state index contributed by atoms with van der Waals surface area (Å²) in [4.78, 5) is 14.8. The van der Waals surface area contributed by atoms with Crippen molar-refractivity contribution in [3.05, 3.63) is 58.7 Å². The molecule has 5 atom stereocenters. The van der Waals surface area contributed by atoms with Crippen LogP contribution in [0.2, 0.25) is 0 Å². The summed E-state index contributed by atoms with van der Waals surface area (Å²) in [6, 6.07) is 8.28. The van der Waals surface area contributed by atoms with Crippen molar-refractivity contribution >= 4 is 5.97 Å². The fourth-order valence-electron chi connectivity index (χ4n) is 5.57. The number of rotatable bonds is 3. The van der Waals surface area contributed by atoms with E-state index >= 15 is 0 Å². The molecule has 1 aromatic rings. The number of methoxy groups -OCH3 is 1. The molecule has 1 N–H and O–H groups in total. The molecular weight excluding hydrogens is 366 g/mol. The number of carbonyl (C=O) groups is 1. The number of nitrogens with zero attached hydrogens (tertiary/aromatic N) is 1. The number of ether oxygens (including phenoxy) is 2. The molecule has 5 heteroatoms. The van der Waals surface area contributed by atoms with Gasteiger partial charge in [-0.25, -0.2) is 4.79 Å². The van der Waals surface area contributed by atoms with Gasteiger partial charge in [-0.3, -0.25) is 4.90 Å². The van der Waals surface area contributed by atoms with E-state index in [1.807, 2.05) is 24.3 Å². The van der Waals surface area contributed by atoms with Crippen LogP contribution in [0.25, 0.3) is 0 Å². The number of fused-ring (bicyclic) bond motifs is 3. The Morgan fingerprint density at radius 1 is 1.31 bits per heavy atom. The lowest BCUT2D eigenvalue weighted by Gasteiger charge is -2.33. The number of carbonyl (C=O) groups excluding carboxylic acids is 1. The predicted molar refractivity (Wildman–Crippen MR) is 108 cm³/mol. The van der Waals surface area contributed by atoms with Crippen LogP contribution < -0.4 is 0 Å². The monoisotopic (exact) mass is 391 g/mol. The van der Waals surface area contributed by atoms with Crippen LogP contribution in [-0.4, -0.2) is 52.9 Å². The van der Waals surface area contributed by atoms with Crippen LogP contribution in [0.15, 0.2) is 47.6 Å². The van der Waals surface area contributed by atoms with Gasteiger partial charge in [0.15, 0.2) is 5.60 Å². The fourth-order valence-corrected chi connectivity index (χ4v) is 5.57. The van der Waals surface area contributed by atoms with E-state index in [9.17, 15) is 9.90 Å². The minimum absolute atomic E-state index is 0.0215. The first kappa shape index (κ1) is 18.6. The van der Waals surface area contributed by atoms with Crippen molar-refractivity contribution in [2.45, 2.75) is 62.6 Å². The Kier molecular flexibility index (Phi) is 4.40. The zero-order valence-corrected chi connectivity index (χ0v) is 16.7. The summed E-state index contributed by atoms with van der Waals surface area (Å²) in [5.74, 6) is 6.26. The normalized spacial score (nSPS) is 33.2.